The van der Waals surface area contributed by atoms with Gasteiger partial charge in [-0.05, 0) is 42.4 Å². The largest absolute Gasteiger partial charge is 0.481 e. The Morgan fingerprint density at radius 2 is 1.97 bits per heavy atom. The van der Waals surface area contributed by atoms with Crippen molar-refractivity contribution in [2.45, 2.75) is 50.6 Å². The van der Waals surface area contributed by atoms with Gasteiger partial charge in [-0.1, -0.05) is 42.1 Å². The van der Waals surface area contributed by atoms with E-state index >= 15 is 0 Å². The molecule has 0 radical (unpaired) electrons. The Kier molecular flexibility index (Phi) is 9.49. The number of amides is 2. The number of nitrogens with zero attached hydrogens (tertiary/aromatic N) is 4. The lowest BCUT2D eigenvalue weighted by Gasteiger charge is -2.14. The quantitative estimate of drug-likeness (QED) is 0.151. The molecule has 38 heavy (non-hydrogen) atoms. The Balaban J connectivity index is 1.47. The summed E-state index contributed by atoms with van der Waals surface area (Å²) >= 11 is 2.80. The molecule has 2 heterocycles. The molecule has 1 aromatic carbocycles. The average Bonchev–Trinajstić information content (AvgIpc) is 3.43. The fourth-order valence-electron chi connectivity index (χ4n) is 4.06. The SMILES string of the molecule is CC(=O)Nn1c(Cc2c(NCCC(=O)O)sc3c2CCCC3)nnc1SCC(=O)N/N=C/c1ccccc1. The van der Waals surface area contributed by atoms with Crippen LogP contribution in [0.1, 0.15) is 53.6 Å². The topological polar surface area (TPSA) is 151 Å². The Labute approximate surface area is 228 Å². The number of carbonyl (C=O) groups is 3. The van der Waals surface area contributed by atoms with E-state index in [1.807, 2.05) is 30.3 Å². The maximum atomic E-state index is 12.3. The summed E-state index contributed by atoms with van der Waals surface area (Å²) in [5.74, 6) is -0.922. The van der Waals surface area contributed by atoms with Crippen LogP contribution in [0.5, 0.6) is 0 Å². The van der Waals surface area contributed by atoms with Gasteiger partial charge in [-0.3, -0.25) is 19.8 Å². The van der Waals surface area contributed by atoms with Gasteiger partial charge in [0.05, 0.1) is 23.4 Å². The van der Waals surface area contributed by atoms with Crippen LogP contribution < -0.4 is 16.2 Å². The molecular weight excluding hydrogens is 526 g/mol. The van der Waals surface area contributed by atoms with Gasteiger partial charge < -0.3 is 10.4 Å². The lowest BCUT2D eigenvalue weighted by atomic mass is 9.94. The van der Waals surface area contributed by atoms with Crippen molar-refractivity contribution in [3.63, 3.8) is 0 Å². The highest BCUT2D eigenvalue weighted by Crippen LogP contribution is 2.39. The molecule has 13 heteroatoms. The molecule has 1 aliphatic carbocycles. The van der Waals surface area contributed by atoms with Crippen molar-refractivity contribution in [2.24, 2.45) is 5.10 Å². The first-order chi connectivity index (χ1) is 18.4. The molecule has 0 saturated carbocycles. The third-order valence-electron chi connectivity index (χ3n) is 5.74. The number of thioether (sulfide) groups is 1. The van der Waals surface area contributed by atoms with E-state index < -0.39 is 5.97 Å². The van der Waals surface area contributed by atoms with Crippen LogP contribution in [0, 0.1) is 0 Å². The molecule has 1 aliphatic rings. The summed E-state index contributed by atoms with van der Waals surface area (Å²) in [5, 5.41) is 26.1. The highest BCUT2D eigenvalue weighted by Gasteiger charge is 2.24. The normalized spacial score (nSPS) is 12.8. The van der Waals surface area contributed by atoms with E-state index in [0.717, 1.165) is 53.6 Å². The van der Waals surface area contributed by atoms with Gasteiger partial charge >= 0.3 is 5.97 Å². The Bertz CT molecular complexity index is 1320. The summed E-state index contributed by atoms with van der Waals surface area (Å²) in [5.41, 5.74) is 8.43. The maximum absolute atomic E-state index is 12.3. The van der Waals surface area contributed by atoms with Gasteiger partial charge in [-0.25, -0.2) is 10.1 Å². The van der Waals surface area contributed by atoms with Gasteiger partial charge in [0.25, 0.3) is 5.91 Å². The standard InChI is InChI=1S/C25H29N7O4S2/c1-16(33)31-32-21(13-19-18-9-5-6-10-20(18)38-24(19)26-12-11-23(35)36)28-30-25(32)37-15-22(34)29-27-14-17-7-3-2-4-8-17/h2-4,7-8,14,26H,5-6,9-13,15H2,1H3,(H,29,34)(H,31,33)(H,35,36)/b27-14+. The number of hydrazone groups is 1. The fraction of sp³-hybridized carbons (Fsp3) is 0.360. The lowest BCUT2D eigenvalue weighted by molar-refractivity contribution is -0.136. The minimum absolute atomic E-state index is 0.0162. The number of rotatable bonds is 12. The van der Waals surface area contributed by atoms with Gasteiger partial charge in [0.2, 0.25) is 11.1 Å². The highest BCUT2D eigenvalue weighted by molar-refractivity contribution is 7.99. The first-order valence-corrected chi connectivity index (χ1v) is 14.0. The number of carboxylic acid groups (broad SMARTS) is 1. The third kappa shape index (κ3) is 7.42. The first-order valence-electron chi connectivity index (χ1n) is 12.2. The van der Waals surface area contributed by atoms with Gasteiger partial charge in [-0.15, -0.1) is 21.5 Å². The molecule has 0 unspecified atom stereocenters. The average molecular weight is 556 g/mol. The second-order valence-electron chi connectivity index (χ2n) is 8.66. The van der Waals surface area contributed by atoms with Gasteiger partial charge in [-0.2, -0.15) is 5.10 Å². The molecule has 11 nitrogen and oxygen atoms in total. The van der Waals surface area contributed by atoms with Crippen molar-refractivity contribution in [2.75, 3.05) is 23.0 Å². The number of aromatic nitrogens is 3. The Morgan fingerprint density at radius 1 is 1.18 bits per heavy atom. The van der Waals surface area contributed by atoms with Crippen molar-refractivity contribution in [3.8, 4) is 0 Å². The molecular formula is C25H29N7O4S2. The minimum Gasteiger partial charge on any atom is -0.481 e. The zero-order valence-electron chi connectivity index (χ0n) is 20.9. The van der Waals surface area contributed by atoms with E-state index in [4.69, 9.17) is 5.11 Å². The number of anilines is 1. The fourth-order valence-corrected chi connectivity index (χ4v) is 6.10. The van der Waals surface area contributed by atoms with E-state index in [2.05, 4.69) is 31.5 Å². The smallest absolute Gasteiger partial charge is 0.305 e. The van der Waals surface area contributed by atoms with Crippen molar-refractivity contribution in [1.29, 1.82) is 0 Å². The molecule has 4 N–H and O–H groups in total. The van der Waals surface area contributed by atoms with Gasteiger partial charge in [0, 0.05) is 24.8 Å². The van der Waals surface area contributed by atoms with Crippen molar-refractivity contribution < 1.29 is 19.5 Å². The second kappa shape index (κ2) is 13.2. The summed E-state index contributed by atoms with van der Waals surface area (Å²) < 4.78 is 1.52. The van der Waals surface area contributed by atoms with Crippen LogP contribution in [0.2, 0.25) is 0 Å². The number of nitrogens with one attached hydrogen (secondary N) is 3. The molecule has 0 fully saturated rings. The van der Waals surface area contributed by atoms with Crippen molar-refractivity contribution in [3.05, 3.63) is 57.7 Å². The molecule has 4 rings (SSSR count). The van der Waals surface area contributed by atoms with Crippen LogP contribution in [-0.2, 0) is 33.6 Å². The van der Waals surface area contributed by atoms with Crippen LogP contribution in [-0.4, -0.2) is 56.3 Å². The molecule has 200 valence electrons. The van der Waals surface area contributed by atoms with E-state index in [0.29, 0.717) is 23.9 Å². The lowest BCUT2D eigenvalue weighted by Crippen LogP contribution is -2.24. The molecule has 2 amide bonds. The number of aryl methyl sites for hydroxylation is 1. The predicted octanol–water partition coefficient (Wildman–Crippen LogP) is 3.03. The second-order valence-corrected chi connectivity index (χ2v) is 10.7. The minimum atomic E-state index is -0.859. The van der Waals surface area contributed by atoms with Crippen molar-refractivity contribution >= 4 is 52.1 Å². The molecule has 2 aromatic heterocycles. The summed E-state index contributed by atoms with van der Waals surface area (Å²) in [6, 6.07) is 9.41. The summed E-state index contributed by atoms with van der Waals surface area (Å²) in [7, 11) is 0. The molecule has 0 aliphatic heterocycles. The highest BCUT2D eigenvalue weighted by atomic mass is 32.2. The van der Waals surface area contributed by atoms with Crippen LogP contribution in [0.3, 0.4) is 0 Å². The van der Waals surface area contributed by atoms with Crippen LogP contribution in [0.15, 0.2) is 40.6 Å². The number of carbonyl (C=O) groups excluding carboxylic acids is 2. The van der Waals surface area contributed by atoms with Crippen LogP contribution in [0.4, 0.5) is 5.00 Å². The monoisotopic (exact) mass is 555 g/mol. The number of aliphatic carboxylic acids is 1. The van der Waals surface area contributed by atoms with Crippen LogP contribution >= 0.6 is 23.1 Å². The summed E-state index contributed by atoms with van der Waals surface area (Å²) in [4.78, 5) is 36.6. The summed E-state index contributed by atoms with van der Waals surface area (Å²) in [6.07, 6.45) is 6.14. The van der Waals surface area contributed by atoms with Crippen molar-refractivity contribution in [1.82, 2.24) is 20.3 Å². The number of carboxylic acids is 1. The Morgan fingerprint density at radius 3 is 2.74 bits per heavy atom. The number of benzene rings is 1. The van der Waals surface area contributed by atoms with E-state index in [9.17, 15) is 14.4 Å². The molecule has 0 spiro atoms. The molecule has 0 bridgehead atoms. The predicted molar refractivity (Wildman–Crippen MR) is 147 cm³/mol. The van der Waals surface area contributed by atoms with E-state index in [1.54, 1.807) is 17.6 Å². The van der Waals surface area contributed by atoms with Crippen LogP contribution in [0.25, 0.3) is 0 Å². The van der Waals surface area contributed by atoms with Gasteiger partial charge in [0.15, 0.2) is 5.82 Å². The zero-order valence-corrected chi connectivity index (χ0v) is 22.5. The third-order valence-corrected chi connectivity index (χ3v) is 7.97. The van der Waals surface area contributed by atoms with E-state index in [-0.39, 0.29) is 24.0 Å². The van der Waals surface area contributed by atoms with E-state index in [1.165, 1.54) is 22.0 Å². The summed E-state index contributed by atoms with van der Waals surface area (Å²) in [6.45, 7) is 1.72. The number of thiophene rings is 1. The number of fused-ring (bicyclic) bond motifs is 1. The first kappa shape index (κ1) is 27.3. The molecule has 0 saturated heterocycles. The molecule has 0 atom stereocenters. The molecule has 3 aromatic rings. The number of hydrogen-bond acceptors (Lipinski definition) is 9. The zero-order chi connectivity index (χ0) is 26.9. The maximum Gasteiger partial charge on any atom is 0.305 e. The Hall–Kier alpha value is -3.71. The number of hydrogen-bond donors (Lipinski definition) is 4. The van der Waals surface area contributed by atoms with Gasteiger partial charge in [0.1, 0.15) is 0 Å².